The number of hydrogen-bond donors (Lipinski definition) is 2. The van der Waals surface area contributed by atoms with E-state index in [1.807, 2.05) is 0 Å². The van der Waals surface area contributed by atoms with Gasteiger partial charge in [-0.25, -0.2) is 0 Å². The largest absolute Gasteiger partial charge is 0.416 e. The SMILES string of the molecule is CCC1(NC(=S)Nc2cccc(C(F)(F)F)c2)CCCC1. The Hall–Kier alpha value is -1.30. The van der Waals surface area contributed by atoms with Gasteiger partial charge in [0, 0.05) is 11.2 Å². The summed E-state index contributed by atoms with van der Waals surface area (Å²) in [6.07, 6.45) is 1.03. The van der Waals surface area contributed by atoms with Gasteiger partial charge in [-0.1, -0.05) is 25.8 Å². The smallest absolute Gasteiger partial charge is 0.357 e. The predicted octanol–water partition coefficient (Wildman–Crippen LogP) is 4.71. The van der Waals surface area contributed by atoms with Gasteiger partial charge in [0.1, 0.15) is 0 Å². The lowest BCUT2D eigenvalue weighted by Crippen LogP contribution is -2.47. The fourth-order valence-corrected chi connectivity index (χ4v) is 3.13. The normalized spacial score (nSPS) is 17.5. The first-order valence-electron chi connectivity index (χ1n) is 7.11. The summed E-state index contributed by atoms with van der Waals surface area (Å²) in [5.74, 6) is 0. The Bertz CT molecular complexity index is 508. The third-order valence-corrected chi connectivity index (χ3v) is 4.27. The predicted molar refractivity (Wildman–Crippen MR) is 82.3 cm³/mol. The van der Waals surface area contributed by atoms with Crippen molar-refractivity contribution in [2.75, 3.05) is 5.32 Å². The zero-order valence-corrected chi connectivity index (χ0v) is 12.7. The zero-order valence-electron chi connectivity index (χ0n) is 11.9. The van der Waals surface area contributed by atoms with Gasteiger partial charge in [-0.2, -0.15) is 13.2 Å². The molecule has 0 unspecified atom stereocenters. The second-order valence-electron chi connectivity index (χ2n) is 5.50. The summed E-state index contributed by atoms with van der Waals surface area (Å²) in [5, 5.41) is 6.54. The van der Waals surface area contributed by atoms with Crippen LogP contribution < -0.4 is 10.6 Å². The highest BCUT2D eigenvalue weighted by atomic mass is 32.1. The van der Waals surface area contributed by atoms with Crippen molar-refractivity contribution in [3.05, 3.63) is 29.8 Å². The molecule has 1 saturated carbocycles. The monoisotopic (exact) mass is 316 g/mol. The molecule has 116 valence electrons. The van der Waals surface area contributed by atoms with E-state index in [4.69, 9.17) is 12.2 Å². The van der Waals surface area contributed by atoms with E-state index in [9.17, 15) is 13.2 Å². The van der Waals surface area contributed by atoms with Crippen molar-refractivity contribution >= 4 is 23.0 Å². The molecule has 2 N–H and O–H groups in total. The molecule has 0 bridgehead atoms. The topological polar surface area (TPSA) is 24.1 Å². The van der Waals surface area contributed by atoms with Gasteiger partial charge in [0.2, 0.25) is 0 Å². The van der Waals surface area contributed by atoms with Crippen LogP contribution in [0.2, 0.25) is 0 Å². The molecule has 6 heteroatoms. The van der Waals surface area contributed by atoms with Gasteiger partial charge in [0.05, 0.1) is 5.56 Å². The first kappa shape index (κ1) is 16.1. The van der Waals surface area contributed by atoms with Gasteiger partial charge >= 0.3 is 6.18 Å². The number of benzene rings is 1. The number of rotatable bonds is 3. The fraction of sp³-hybridized carbons (Fsp3) is 0.533. The first-order valence-corrected chi connectivity index (χ1v) is 7.52. The molecule has 1 aromatic rings. The van der Waals surface area contributed by atoms with Crippen molar-refractivity contribution in [1.29, 1.82) is 0 Å². The Morgan fingerprint density at radius 3 is 2.52 bits per heavy atom. The molecule has 1 aromatic carbocycles. The Kier molecular flexibility index (Phi) is 4.76. The Morgan fingerprint density at radius 2 is 1.95 bits per heavy atom. The van der Waals surface area contributed by atoms with E-state index in [1.54, 1.807) is 6.07 Å². The molecule has 0 aliphatic heterocycles. The molecule has 0 aromatic heterocycles. The van der Waals surface area contributed by atoms with E-state index in [0.29, 0.717) is 10.8 Å². The van der Waals surface area contributed by atoms with Crippen LogP contribution in [0.15, 0.2) is 24.3 Å². The van der Waals surface area contributed by atoms with Gasteiger partial charge in [0.15, 0.2) is 5.11 Å². The molecule has 0 radical (unpaired) electrons. The van der Waals surface area contributed by atoms with Gasteiger partial charge in [-0.05, 0) is 49.7 Å². The zero-order chi connectivity index (χ0) is 15.5. The molecule has 2 nitrogen and oxygen atoms in total. The highest BCUT2D eigenvalue weighted by Gasteiger charge is 2.33. The Balaban J connectivity index is 2.03. The van der Waals surface area contributed by atoms with Crippen molar-refractivity contribution < 1.29 is 13.2 Å². The minimum Gasteiger partial charge on any atom is -0.357 e. The lowest BCUT2D eigenvalue weighted by Gasteiger charge is -2.30. The molecule has 1 aliphatic carbocycles. The third kappa shape index (κ3) is 4.09. The molecule has 0 spiro atoms. The third-order valence-electron chi connectivity index (χ3n) is 4.06. The Labute approximate surface area is 128 Å². The van der Waals surface area contributed by atoms with Crippen LogP contribution in [0.1, 0.15) is 44.6 Å². The van der Waals surface area contributed by atoms with E-state index in [1.165, 1.54) is 6.07 Å². The molecule has 1 fully saturated rings. The van der Waals surface area contributed by atoms with Crippen molar-refractivity contribution in [3.63, 3.8) is 0 Å². The summed E-state index contributed by atoms with van der Waals surface area (Å²) in [6, 6.07) is 5.07. The van der Waals surface area contributed by atoms with E-state index >= 15 is 0 Å². The number of hydrogen-bond acceptors (Lipinski definition) is 1. The molecule has 2 rings (SSSR count). The summed E-state index contributed by atoms with van der Waals surface area (Å²) in [7, 11) is 0. The van der Waals surface area contributed by atoms with E-state index < -0.39 is 11.7 Å². The minimum atomic E-state index is -4.34. The van der Waals surface area contributed by atoms with Gasteiger partial charge in [-0.15, -0.1) is 0 Å². The average molecular weight is 316 g/mol. The second-order valence-corrected chi connectivity index (χ2v) is 5.91. The van der Waals surface area contributed by atoms with Gasteiger partial charge in [-0.3, -0.25) is 0 Å². The summed E-state index contributed by atoms with van der Waals surface area (Å²) >= 11 is 5.24. The van der Waals surface area contributed by atoms with Crippen LogP contribution in [-0.4, -0.2) is 10.7 Å². The van der Waals surface area contributed by atoms with Gasteiger partial charge in [0.25, 0.3) is 0 Å². The van der Waals surface area contributed by atoms with Crippen LogP contribution in [0.4, 0.5) is 18.9 Å². The van der Waals surface area contributed by atoms with Crippen LogP contribution >= 0.6 is 12.2 Å². The molecule has 0 heterocycles. The van der Waals surface area contributed by atoms with Gasteiger partial charge < -0.3 is 10.6 Å². The van der Waals surface area contributed by atoms with E-state index in [-0.39, 0.29) is 5.54 Å². The lowest BCUT2D eigenvalue weighted by molar-refractivity contribution is -0.137. The molecule has 21 heavy (non-hydrogen) atoms. The van der Waals surface area contributed by atoms with Crippen molar-refractivity contribution in [1.82, 2.24) is 5.32 Å². The molecular weight excluding hydrogens is 297 g/mol. The van der Waals surface area contributed by atoms with Crippen LogP contribution in [0.25, 0.3) is 0 Å². The quantitative estimate of drug-likeness (QED) is 0.789. The van der Waals surface area contributed by atoms with Crippen molar-refractivity contribution in [3.8, 4) is 0 Å². The van der Waals surface area contributed by atoms with Crippen LogP contribution in [-0.2, 0) is 6.18 Å². The minimum absolute atomic E-state index is 0.00821. The summed E-state index contributed by atoms with van der Waals surface area (Å²) in [4.78, 5) is 0. The molecule has 1 aliphatic rings. The second kappa shape index (κ2) is 6.22. The standard InChI is InChI=1S/C15H19F3N2S/c1-2-14(8-3-4-9-14)20-13(21)19-12-7-5-6-11(10-12)15(16,17)18/h5-7,10H,2-4,8-9H2,1H3,(H2,19,20,21). The van der Waals surface area contributed by atoms with Crippen LogP contribution in [0.5, 0.6) is 0 Å². The number of halogens is 3. The van der Waals surface area contributed by atoms with E-state index in [0.717, 1.165) is 44.2 Å². The number of nitrogens with one attached hydrogen (secondary N) is 2. The number of thiocarbonyl (C=S) groups is 1. The van der Waals surface area contributed by atoms with Crippen molar-refractivity contribution in [2.45, 2.75) is 50.7 Å². The number of anilines is 1. The highest BCUT2D eigenvalue weighted by Crippen LogP contribution is 2.33. The van der Waals surface area contributed by atoms with Crippen LogP contribution in [0, 0.1) is 0 Å². The molecule has 0 saturated heterocycles. The maximum Gasteiger partial charge on any atom is 0.416 e. The lowest BCUT2D eigenvalue weighted by atomic mass is 9.95. The summed E-state index contributed by atoms with van der Waals surface area (Å²) < 4.78 is 38.0. The first-order chi connectivity index (χ1) is 9.85. The molecule has 0 amide bonds. The maximum atomic E-state index is 12.7. The maximum absolute atomic E-state index is 12.7. The highest BCUT2D eigenvalue weighted by molar-refractivity contribution is 7.80. The van der Waals surface area contributed by atoms with Crippen molar-refractivity contribution in [2.24, 2.45) is 0 Å². The average Bonchev–Trinajstić information content (AvgIpc) is 2.87. The summed E-state index contributed by atoms with van der Waals surface area (Å²) in [6.45, 7) is 2.10. The molecule has 0 atom stereocenters. The Morgan fingerprint density at radius 1 is 1.29 bits per heavy atom. The van der Waals surface area contributed by atoms with Crippen LogP contribution in [0.3, 0.4) is 0 Å². The molecular formula is C15H19F3N2S. The van der Waals surface area contributed by atoms with E-state index in [2.05, 4.69) is 17.6 Å². The number of alkyl halides is 3. The summed E-state index contributed by atoms with van der Waals surface area (Å²) in [5.41, 5.74) is -0.334. The fourth-order valence-electron chi connectivity index (χ4n) is 2.80.